The van der Waals surface area contributed by atoms with Gasteiger partial charge in [0.1, 0.15) is 0 Å². The molecule has 0 radical (unpaired) electrons. The minimum Gasteiger partial charge on any atom is -0.260 e. The van der Waals surface area contributed by atoms with Crippen LogP contribution in [0.5, 0.6) is 0 Å². The molecule has 4 heteroatoms. The average Bonchev–Trinajstić information content (AvgIpc) is 1.84. The van der Waals surface area contributed by atoms with E-state index in [4.69, 9.17) is 0 Å². The second kappa shape index (κ2) is 3.49. The van der Waals surface area contributed by atoms with Crippen LogP contribution in [0.3, 0.4) is 0 Å². The highest BCUT2D eigenvalue weighted by Crippen LogP contribution is 1.90. The summed E-state index contributed by atoms with van der Waals surface area (Å²) in [7, 11) is -3.65. The van der Waals surface area contributed by atoms with Crippen LogP contribution in [-0.4, -0.2) is 15.0 Å². The molecule has 3 nitrogen and oxygen atoms in total. The van der Waals surface area contributed by atoms with Gasteiger partial charge >= 0.3 is 10.1 Å². The largest absolute Gasteiger partial charge is 0.337 e. The Balaban J connectivity index is 3.80. The zero-order valence-electron chi connectivity index (χ0n) is 5.12. The average molecular weight is 148 g/mol. The van der Waals surface area contributed by atoms with Crippen molar-refractivity contribution in [1.29, 1.82) is 0 Å². The summed E-state index contributed by atoms with van der Waals surface area (Å²) in [6.45, 7) is 1.96. The SMILES string of the molecule is C#CS(=O)(=O)OCCC. The maximum atomic E-state index is 10.3. The number of terminal acetylenes is 1. The van der Waals surface area contributed by atoms with Crippen LogP contribution in [-0.2, 0) is 14.3 Å². The van der Waals surface area contributed by atoms with E-state index < -0.39 is 10.1 Å². The molecule has 0 rings (SSSR count). The molecule has 0 bridgehead atoms. The van der Waals surface area contributed by atoms with E-state index in [1.165, 1.54) is 5.25 Å². The Labute approximate surface area is 55.1 Å². The third-order valence-electron chi connectivity index (χ3n) is 0.587. The van der Waals surface area contributed by atoms with Gasteiger partial charge in [-0.1, -0.05) is 6.92 Å². The smallest absolute Gasteiger partial charge is 0.260 e. The van der Waals surface area contributed by atoms with E-state index >= 15 is 0 Å². The zero-order valence-corrected chi connectivity index (χ0v) is 5.94. The monoisotopic (exact) mass is 148 g/mol. The highest BCUT2D eigenvalue weighted by molar-refractivity contribution is 7.91. The summed E-state index contributed by atoms with van der Waals surface area (Å²) in [6, 6.07) is 0. The molecule has 0 aromatic carbocycles. The summed E-state index contributed by atoms with van der Waals surface area (Å²) < 4.78 is 24.9. The predicted octanol–water partition coefficient (Wildman–Crippen LogP) is 0.334. The molecule has 0 aliphatic carbocycles. The van der Waals surface area contributed by atoms with E-state index in [0.717, 1.165) is 0 Å². The molecular weight excluding hydrogens is 140 g/mol. The van der Waals surface area contributed by atoms with Gasteiger partial charge < -0.3 is 0 Å². The first-order valence-electron chi connectivity index (χ1n) is 2.49. The normalized spacial score (nSPS) is 10.7. The highest BCUT2D eigenvalue weighted by Gasteiger charge is 2.02. The molecule has 0 aliphatic rings. The van der Waals surface area contributed by atoms with Crippen molar-refractivity contribution in [3.05, 3.63) is 0 Å². The summed E-state index contributed by atoms with van der Waals surface area (Å²) in [5.41, 5.74) is 0. The van der Waals surface area contributed by atoms with E-state index in [9.17, 15) is 8.42 Å². The molecule has 0 saturated carbocycles. The van der Waals surface area contributed by atoms with Gasteiger partial charge in [-0.2, -0.15) is 8.42 Å². The number of rotatable bonds is 3. The molecule has 0 atom stereocenters. The summed E-state index contributed by atoms with van der Waals surface area (Å²) >= 11 is 0. The number of hydrogen-bond donors (Lipinski definition) is 0. The first kappa shape index (κ1) is 8.47. The van der Waals surface area contributed by atoms with Crippen LogP contribution in [0.2, 0.25) is 0 Å². The van der Waals surface area contributed by atoms with E-state index in [1.807, 2.05) is 0 Å². The molecule has 0 aromatic rings. The lowest BCUT2D eigenvalue weighted by atomic mass is 10.5. The summed E-state index contributed by atoms with van der Waals surface area (Å²) in [4.78, 5) is 0. The van der Waals surface area contributed by atoms with Crippen molar-refractivity contribution in [3.8, 4) is 11.7 Å². The molecule has 0 amide bonds. The second-order valence-corrected chi connectivity index (χ2v) is 2.77. The van der Waals surface area contributed by atoms with Gasteiger partial charge in [0.15, 0.2) is 0 Å². The van der Waals surface area contributed by atoms with Crippen LogP contribution < -0.4 is 0 Å². The molecule has 0 aromatic heterocycles. The molecule has 0 fully saturated rings. The predicted molar refractivity (Wildman–Crippen MR) is 34.0 cm³/mol. The van der Waals surface area contributed by atoms with Crippen LogP contribution in [0.15, 0.2) is 0 Å². The van der Waals surface area contributed by atoms with Crippen molar-refractivity contribution in [2.45, 2.75) is 13.3 Å². The molecule has 0 heterocycles. The van der Waals surface area contributed by atoms with Gasteiger partial charge in [-0.05, 0) is 6.42 Å². The first-order valence-corrected chi connectivity index (χ1v) is 3.90. The van der Waals surface area contributed by atoms with E-state index in [2.05, 4.69) is 10.6 Å². The van der Waals surface area contributed by atoms with Crippen molar-refractivity contribution in [3.63, 3.8) is 0 Å². The second-order valence-electron chi connectivity index (χ2n) is 1.39. The maximum Gasteiger partial charge on any atom is 0.337 e. The van der Waals surface area contributed by atoms with Crippen molar-refractivity contribution in [2.24, 2.45) is 0 Å². The Kier molecular flexibility index (Phi) is 3.28. The van der Waals surface area contributed by atoms with Crippen LogP contribution in [0, 0.1) is 11.7 Å². The Morgan fingerprint density at radius 3 is 2.56 bits per heavy atom. The van der Waals surface area contributed by atoms with Crippen molar-refractivity contribution in [2.75, 3.05) is 6.61 Å². The summed E-state index contributed by atoms with van der Waals surface area (Å²) in [6.07, 6.45) is 5.22. The molecule has 0 unspecified atom stereocenters. The third kappa shape index (κ3) is 4.01. The molecule has 52 valence electrons. The summed E-state index contributed by atoms with van der Waals surface area (Å²) in [5, 5.41) is 1.53. The van der Waals surface area contributed by atoms with Gasteiger partial charge in [0.2, 0.25) is 0 Å². The van der Waals surface area contributed by atoms with Crippen molar-refractivity contribution < 1.29 is 12.6 Å². The standard InChI is InChI=1S/C5H8O3S/c1-3-5-8-9(6,7)4-2/h2H,3,5H2,1H3. The fourth-order valence-electron chi connectivity index (χ4n) is 0.227. The minimum absolute atomic E-state index is 0.159. The van der Waals surface area contributed by atoms with E-state index in [1.54, 1.807) is 6.92 Å². The van der Waals surface area contributed by atoms with Gasteiger partial charge in [0, 0.05) is 0 Å². The van der Waals surface area contributed by atoms with Crippen molar-refractivity contribution >= 4 is 10.1 Å². The topological polar surface area (TPSA) is 43.4 Å². The molecular formula is C5H8O3S. The Bertz CT molecular complexity index is 197. The van der Waals surface area contributed by atoms with Gasteiger partial charge in [-0.15, -0.1) is 6.42 Å². The van der Waals surface area contributed by atoms with Crippen LogP contribution >= 0.6 is 0 Å². The van der Waals surface area contributed by atoms with Gasteiger partial charge in [0.25, 0.3) is 0 Å². The third-order valence-corrected chi connectivity index (χ3v) is 1.35. The Hall–Kier alpha value is -0.530. The van der Waals surface area contributed by atoms with Crippen LogP contribution in [0.1, 0.15) is 13.3 Å². The fraction of sp³-hybridized carbons (Fsp3) is 0.600. The highest BCUT2D eigenvalue weighted by atomic mass is 32.2. The quantitative estimate of drug-likeness (QED) is 0.428. The maximum absolute atomic E-state index is 10.3. The van der Waals surface area contributed by atoms with Crippen molar-refractivity contribution in [1.82, 2.24) is 0 Å². The summed E-state index contributed by atoms with van der Waals surface area (Å²) in [5.74, 6) is 0. The van der Waals surface area contributed by atoms with Gasteiger partial charge in [0.05, 0.1) is 11.9 Å². The zero-order chi connectivity index (χ0) is 7.33. The molecule has 0 aliphatic heterocycles. The molecule has 0 spiro atoms. The van der Waals surface area contributed by atoms with Gasteiger partial charge in [-0.25, -0.2) is 0 Å². The fourth-order valence-corrected chi connectivity index (χ4v) is 0.681. The van der Waals surface area contributed by atoms with E-state index in [-0.39, 0.29) is 6.61 Å². The Morgan fingerprint density at radius 2 is 2.22 bits per heavy atom. The van der Waals surface area contributed by atoms with E-state index in [0.29, 0.717) is 6.42 Å². The number of hydrogen-bond acceptors (Lipinski definition) is 3. The lowest BCUT2D eigenvalue weighted by molar-refractivity contribution is 0.325. The molecule has 0 saturated heterocycles. The lowest BCUT2D eigenvalue weighted by Crippen LogP contribution is -2.02. The Morgan fingerprint density at radius 1 is 1.67 bits per heavy atom. The minimum atomic E-state index is -3.65. The van der Waals surface area contributed by atoms with Crippen LogP contribution in [0.25, 0.3) is 0 Å². The first-order chi connectivity index (χ1) is 4.12. The molecule has 0 N–H and O–H groups in total. The molecule has 9 heavy (non-hydrogen) atoms. The lowest BCUT2D eigenvalue weighted by Gasteiger charge is -1.93. The van der Waals surface area contributed by atoms with Gasteiger partial charge in [-0.3, -0.25) is 4.18 Å². The van der Waals surface area contributed by atoms with Crippen LogP contribution in [0.4, 0.5) is 0 Å².